The summed E-state index contributed by atoms with van der Waals surface area (Å²) in [7, 11) is 4.44. The smallest absolute Gasteiger partial charge is 0.272 e. The summed E-state index contributed by atoms with van der Waals surface area (Å²) in [5.41, 5.74) is 1.08. The molecule has 1 N–H and O–H groups in total. The van der Waals surface area contributed by atoms with Gasteiger partial charge in [0.1, 0.15) is 6.04 Å². The number of nitrogens with one attached hydrogen (secondary N) is 1. The first kappa shape index (κ1) is 22.9. The molecule has 1 unspecified atom stereocenters. The Kier molecular flexibility index (Phi) is 6.82. The third kappa shape index (κ3) is 4.43. The quantitative estimate of drug-likeness (QED) is 0.515. The van der Waals surface area contributed by atoms with Crippen LogP contribution >= 0.6 is 0 Å². The highest BCUT2D eigenvalue weighted by atomic mass is 16.6. The zero-order chi connectivity index (χ0) is 23.4. The summed E-state index contributed by atoms with van der Waals surface area (Å²) >= 11 is 0. The van der Waals surface area contributed by atoms with Gasteiger partial charge in [-0.3, -0.25) is 19.7 Å². The molecule has 0 saturated carbocycles. The van der Waals surface area contributed by atoms with Gasteiger partial charge in [-0.15, -0.1) is 0 Å². The van der Waals surface area contributed by atoms with E-state index in [0.29, 0.717) is 53.4 Å². The number of ether oxygens (including phenoxy) is 3. The molecule has 1 aliphatic heterocycles. The molecule has 1 saturated heterocycles. The largest absolute Gasteiger partial charge is 0.493 e. The number of carbonyl (C=O) groups excluding carboxylic acids is 2. The highest BCUT2D eigenvalue weighted by Gasteiger charge is 2.35. The number of nitrogens with zero attached hydrogens (tertiary/aromatic N) is 2. The summed E-state index contributed by atoms with van der Waals surface area (Å²) in [6, 6.07) is 6.76. The van der Waals surface area contributed by atoms with Crippen LogP contribution in [0.4, 0.5) is 11.4 Å². The van der Waals surface area contributed by atoms with Crippen molar-refractivity contribution in [1.29, 1.82) is 0 Å². The number of nitro groups is 1. The van der Waals surface area contributed by atoms with E-state index in [1.165, 1.54) is 44.4 Å². The molecule has 2 aromatic rings. The maximum Gasteiger partial charge on any atom is 0.272 e. The molecular weight excluding hydrogens is 418 g/mol. The summed E-state index contributed by atoms with van der Waals surface area (Å²) in [4.78, 5) is 38.1. The molecule has 1 fully saturated rings. The van der Waals surface area contributed by atoms with E-state index in [4.69, 9.17) is 14.2 Å². The summed E-state index contributed by atoms with van der Waals surface area (Å²) in [6.45, 7) is 2.00. The van der Waals surface area contributed by atoms with Crippen LogP contribution in [0.25, 0.3) is 0 Å². The number of rotatable bonds is 7. The van der Waals surface area contributed by atoms with Gasteiger partial charge in [0.25, 0.3) is 11.6 Å². The molecule has 10 nitrogen and oxygen atoms in total. The topological polar surface area (TPSA) is 120 Å². The van der Waals surface area contributed by atoms with Crippen molar-refractivity contribution in [1.82, 2.24) is 4.90 Å². The zero-order valence-corrected chi connectivity index (χ0v) is 18.3. The lowest BCUT2D eigenvalue weighted by Gasteiger charge is -2.24. The van der Waals surface area contributed by atoms with Gasteiger partial charge in [0.2, 0.25) is 11.7 Å². The number of methoxy groups -OCH3 is 3. The van der Waals surface area contributed by atoms with Crippen molar-refractivity contribution in [3.05, 3.63) is 51.6 Å². The van der Waals surface area contributed by atoms with Crippen molar-refractivity contribution in [2.75, 3.05) is 33.2 Å². The highest BCUT2D eigenvalue weighted by Crippen LogP contribution is 2.40. The van der Waals surface area contributed by atoms with E-state index in [2.05, 4.69) is 5.32 Å². The normalized spacial score (nSPS) is 15.2. The fraction of sp³-hybridized carbons (Fsp3) is 0.364. The van der Waals surface area contributed by atoms with Crippen molar-refractivity contribution < 1.29 is 28.7 Å². The fourth-order valence-electron chi connectivity index (χ4n) is 3.82. The van der Waals surface area contributed by atoms with Crippen LogP contribution in [0.3, 0.4) is 0 Å². The van der Waals surface area contributed by atoms with Crippen LogP contribution in [-0.4, -0.2) is 55.6 Å². The van der Waals surface area contributed by atoms with E-state index in [0.717, 1.165) is 0 Å². The number of hydrogen-bond acceptors (Lipinski definition) is 7. The fourth-order valence-corrected chi connectivity index (χ4v) is 3.82. The molecule has 170 valence electrons. The molecule has 2 aromatic carbocycles. The minimum atomic E-state index is -0.669. The second-order valence-corrected chi connectivity index (χ2v) is 7.32. The molecule has 2 amide bonds. The Balaban J connectivity index is 1.81. The van der Waals surface area contributed by atoms with Crippen molar-refractivity contribution >= 4 is 23.2 Å². The Labute approximate surface area is 185 Å². The van der Waals surface area contributed by atoms with Crippen LogP contribution in [0, 0.1) is 17.0 Å². The van der Waals surface area contributed by atoms with Crippen molar-refractivity contribution in [3.63, 3.8) is 0 Å². The molecule has 3 rings (SSSR count). The Morgan fingerprint density at radius 2 is 1.75 bits per heavy atom. The molecule has 10 heteroatoms. The molecule has 1 heterocycles. The van der Waals surface area contributed by atoms with Gasteiger partial charge in [-0.2, -0.15) is 0 Å². The van der Waals surface area contributed by atoms with Crippen LogP contribution in [-0.2, 0) is 4.79 Å². The zero-order valence-electron chi connectivity index (χ0n) is 18.3. The van der Waals surface area contributed by atoms with Crippen LogP contribution in [0.5, 0.6) is 17.2 Å². The SMILES string of the molecule is COc1cc(NC(=O)C2CCCN2C(=O)c2ccc([N+](=O)[O-])c(C)c2)cc(OC)c1OC. The van der Waals surface area contributed by atoms with E-state index >= 15 is 0 Å². The number of carbonyl (C=O) groups is 2. The Morgan fingerprint density at radius 3 is 2.28 bits per heavy atom. The van der Waals surface area contributed by atoms with E-state index in [9.17, 15) is 19.7 Å². The third-order valence-corrected chi connectivity index (χ3v) is 5.39. The molecule has 0 bridgehead atoms. The number of likely N-dealkylation sites (tertiary alicyclic amines) is 1. The second-order valence-electron chi connectivity index (χ2n) is 7.32. The van der Waals surface area contributed by atoms with Gasteiger partial charge in [0.05, 0.1) is 26.3 Å². The van der Waals surface area contributed by atoms with E-state index in [-0.39, 0.29) is 17.5 Å². The lowest BCUT2D eigenvalue weighted by atomic mass is 10.1. The van der Waals surface area contributed by atoms with E-state index in [1.807, 2.05) is 0 Å². The first-order valence-electron chi connectivity index (χ1n) is 9.97. The number of nitro benzene ring substituents is 1. The number of amides is 2. The van der Waals surface area contributed by atoms with Gasteiger partial charge in [0, 0.05) is 41.6 Å². The molecule has 1 atom stereocenters. The lowest BCUT2D eigenvalue weighted by Crippen LogP contribution is -2.43. The number of benzene rings is 2. The predicted octanol–water partition coefficient (Wildman–Crippen LogP) is 3.17. The third-order valence-electron chi connectivity index (χ3n) is 5.39. The summed E-state index contributed by atoms with van der Waals surface area (Å²) < 4.78 is 15.9. The summed E-state index contributed by atoms with van der Waals surface area (Å²) in [5.74, 6) is 0.499. The number of hydrogen-bond donors (Lipinski definition) is 1. The summed E-state index contributed by atoms with van der Waals surface area (Å²) in [5, 5.41) is 13.9. The standard InChI is InChI=1S/C22H25N3O7/c1-13-10-14(7-8-16(13)25(28)29)22(27)24-9-5-6-17(24)21(26)23-15-11-18(30-2)20(32-4)19(12-15)31-3/h7-8,10-12,17H,5-6,9H2,1-4H3,(H,23,26). The van der Waals surface area contributed by atoms with Gasteiger partial charge >= 0.3 is 0 Å². The van der Waals surface area contributed by atoms with Crippen molar-refractivity contribution in [3.8, 4) is 17.2 Å². The molecule has 0 radical (unpaired) electrons. The van der Waals surface area contributed by atoms with Crippen LogP contribution in [0.2, 0.25) is 0 Å². The minimum absolute atomic E-state index is 0.0559. The van der Waals surface area contributed by atoms with Crippen LogP contribution < -0.4 is 19.5 Å². The van der Waals surface area contributed by atoms with E-state index in [1.54, 1.807) is 19.1 Å². The molecule has 32 heavy (non-hydrogen) atoms. The lowest BCUT2D eigenvalue weighted by molar-refractivity contribution is -0.385. The Hall–Kier alpha value is -3.82. The summed E-state index contributed by atoms with van der Waals surface area (Å²) in [6.07, 6.45) is 1.18. The predicted molar refractivity (Wildman–Crippen MR) is 117 cm³/mol. The average molecular weight is 443 g/mol. The highest BCUT2D eigenvalue weighted by molar-refractivity contribution is 6.02. The number of aryl methyl sites for hydroxylation is 1. The molecule has 0 aliphatic carbocycles. The van der Waals surface area contributed by atoms with Gasteiger partial charge in [-0.05, 0) is 31.9 Å². The van der Waals surface area contributed by atoms with E-state index < -0.39 is 11.0 Å². The monoisotopic (exact) mass is 443 g/mol. The maximum absolute atomic E-state index is 13.1. The van der Waals surface area contributed by atoms with Gasteiger partial charge in [-0.1, -0.05) is 0 Å². The molecule has 1 aliphatic rings. The first-order valence-corrected chi connectivity index (χ1v) is 9.97. The van der Waals surface area contributed by atoms with Gasteiger partial charge in [-0.25, -0.2) is 0 Å². The molecule has 0 aromatic heterocycles. The molecular formula is C22H25N3O7. The van der Waals surface area contributed by atoms with Gasteiger partial charge < -0.3 is 24.4 Å². The van der Waals surface area contributed by atoms with Crippen molar-refractivity contribution in [2.45, 2.75) is 25.8 Å². The maximum atomic E-state index is 13.1. The minimum Gasteiger partial charge on any atom is -0.493 e. The number of anilines is 1. The van der Waals surface area contributed by atoms with Crippen LogP contribution in [0.15, 0.2) is 30.3 Å². The Bertz CT molecular complexity index is 1030. The molecule has 0 spiro atoms. The first-order chi connectivity index (χ1) is 15.3. The second kappa shape index (κ2) is 9.54. The van der Waals surface area contributed by atoms with Crippen molar-refractivity contribution in [2.24, 2.45) is 0 Å². The van der Waals surface area contributed by atoms with Crippen LogP contribution in [0.1, 0.15) is 28.8 Å². The average Bonchev–Trinajstić information content (AvgIpc) is 3.27. The van der Waals surface area contributed by atoms with Gasteiger partial charge in [0.15, 0.2) is 11.5 Å². The Morgan fingerprint density at radius 1 is 1.09 bits per heavy atom.